The van der Waals surface area contributed by atoms with Crippen LogP contribution in [-0.4, -0.2) is 57.4 Å². The fourth-order valence-electron chi connectivity index (χ4n) is 5.75. The summed E-state index contributed by atoms with van der Waals surface area (Å²) in [5.74, 6) is 1.34. The zero-order valence-corrected chi connectivity index (χ0v) is 15.0. The summed E-state index contributed by atoms with van der Waals surface area (Å²) in [6.45, 7) is 3.38. The number of fused-ring (bicyclic) bond motifs is 2. The van der Waals surface area contributed by atoms with Crippen molar-refractivity contribution in [2.45, 2.75) is 57.1 Å². The van der Waals surface area contributed by atoms with Crippen LogP contribution < -0.4 is 5.32 Å². The fraction of sp³-hybridized carbons (Fsp3) is 1.00. The molecule has 4 fully saturated rings. The average Bonchev–Trinajstić information content (AvgIpc) is 3.15. The van der Waals surface area contributed by atoms with Gasteiger partial charge in [-0.1, -0.05) is 12.8 Å². The maximum Gasteiger partial charge on any atom is 0.211 e. The van der Waals surface area contributed by atoms with Crippen LogP contribution in [0, 0.1) is 17.3 Å². The Bertz CT molecular complexity index is 536. The lowest BCUT2D eigenvalue weighted by atomic mass is 9.54. The molecular weight excluding hydrogens is 312 g/mol. The quantitative estimate of drug-likeness (QED) is 0.843. The van der Waals surface area contributed by atoms with E-state index in [0.717, 1.165) is 31.9 Å². The van der Waals surface area contributed by atoms with E-state index >= 15 is 0 Å². The van der Waals surface area contributed by atoms with E-state index in [4.69, 9.17) is 4.74 Å². The molecule has 2 saturated heterocycles. The van der Waals surface area contributed by atoms with Gasteiger partial charge < -0.3 is 10.1 Å². The number of nitrogens with zero attached hydrogens (tertiary/aromatic N) is 1. The van der Waals surface area contributed by atoms with Gasteiger partial charge in [-0.25, -0.2) is 12.7 Å². The first-order valence-corrected chi connectivity index (χ1v) is 11.2. The first kappa shape index (κ1) is 16.3. The van der Waals surface area contributed by atoms with Gasteiger partial charge in [-0.2, -0.15) is 0 Å². The molecule has 0 aromatic carbocycles. The second kappa shape index (κ2) is 5.97. The molecule has 2 aliphatic carbocycles. The monoisotopic (exact) mass is 342 g/mol. The average molecular weight is 343 g/mol. The Balaban J connectivity index is 1.31. The normalized spacial score (nSPS) is 37.9. The lowest BCUT2D eigenvalue weighted by Crippen LogP contribution is -2.67. The van der Waals surface area contributed by atoms with Gasteiger partial charge in [-0.3, -0.25) is 0 Å². The van der Waals surface area contributed by atoms with Crippen molar-refractivity contribution < 1.29 is 13.2 Å². The molecule has 2 heterocycles. The van der Waals surface area contributed by atoms with Gasteiger partial charge in [-0.15, -0.1) is 0 Å². The Labute approximate surface area is 140 Å². The number of hydrogen-bond acceptors (Lipinski definition) is 4. The Morgan fingerprint density at radius 3 is 2.52 bits per heavy atom. The third kappa shape index (κ3) is 2.75. The minimum atomic E-state index is -3.01. The van der Waals surface area contributed by atoms with Crippen molar-refractivity contribution >= 4 is 10.0 Å². The van der Waals surface area contributed by atoms with Crippen LogP contribution in [0.1, 0.15) is 44.9 Å². The van der Waals surface area contributed by atoms with Crippen LogP contribution in [0.2, 0.25) is 0 Å². The van der Waals surface area contributed by atoms with Gasteiger partial charge in [0.1, 0.15) is 0 Å². The van der Waals surface area contributed by atoms with Crippen LogP contribution in [0.5, 0.6) is 0 Å². The van der Waals surface area contributed by atoms with E-state index in [9.17, 15) is 8.42 Å². The fourth-order valence-corrected chi connectivity index (χ4v) is 6.62. The molecule has 2 saturated carbocycles. The largest absolute Gasteiger partial charge is 0.377 e. The molecule has 0 radical (unpaired) electrons. The van der Waals surface area contributed by atoms with Crippen molar-refractivity contribution in [2.75, 3.05) is 32.5 Å². The number of ether oxygens (including phenoxy) is 1. The highest BCUT2D eigenvalue weighted by Gasteiger charge is 2.64. The maximum absolute atomic E-state index is 11.6. The molecule has 0 amide bonds. The predicted molar refractivity (Wildman–Crippen MR) is 89.7 cm³/mol. The zero-order valence-electron chi connectivity index (χ0n) is 14.2. The lowest BCUT2D eigenvalue weighted by Gasteiger charge is -2.57. The number of rotatable bonds is 4. The Kier molecular flexibility index (Phi) is 4.23. The molecule has 3 atom stereocenters. The van der Waals surface area contributed by atoms with Crippen molar-refractivity contribution in [2.24, 2.45) is 17.3 Å². The number of piperidine rings is 1. The highest BCUT2D eigenvalue weighted by molar-refractivity contribution is 7.88. The van der Waals surface area contributed by atoms with Gasteiger partial charge in [0.25, 0.3) is 0 Å². The van der Waals surface area contributed by atoms with E-state index in [1.165, 1.54) is 38.4 Å². The number of nitrogens with one attached hydrogen (secondary N) is 1. The van der Waals surface area contributed by atoms with Gasteiger partial charge in [-0.05, 0) is 44.6 Å². The summed E-state index contributed by atoms with van der Waals surface area (Å²) in [5, 5.41) is 3.90. The van der Waals surface area contributed by atoms with Crippen LogP contribution >= 0.6 is 0 Å². The van der Waals surface area contributed by atoms with Gasteiger partial charge in [0.05, 0.1) is 12.4 Å². The third-order valence-electron chi connectivity index (χ3n) is 6.96. The summed E-state index contributed by atoms with van der Waals surface area (Å²) in [6.07, 6.45) is 10.4. The van der Waals surface area contributed by atoms with Crippen molar-refractivity contribution in [3.63, 3.8) is 0 Å². The Hall–Kier alpha value is -0.170. The molecule has 2 aliphatic heterocycles. The van der Waals surface area contributed by atoms with Gasteiger partial charge in [0, 0.05) is 37.1 Å². The second-order valence-corrected chi connectivity index (χ2v) is 10.2. The molecule has 0 aromatic heterocycles. The first-order chi connectivity index (χ1) is 11.0. The Morgan fingerprint density at radius 1 is 1.17 bits per heavy atom. The second-order valence-electron chi connectivity index (χ2n) is 8.18. The lowest BCUT2D eigenvalue weighted by molar-refractivity contribution is -0.131. The van der Waals surface area contributed by atoms with Gasteiger partial charge >= 0.3 is 0 Å². The van der Waals surface area contributed by atoms with E-state index in [1.807, 2.05) is 0 Å². The molecule has 4 aliphatic rings. The van der Waals surface area contributed by atoms with Crippen molar-refractivity contribution in [1.82, 2.24) is 9.62 Å². The summed E-state index contributed by atoms with van der Waals surface area (Å²) in [7, 11) is -3.01. The Morgan fingerprint density at radius 2 is 1.87 bits per heavy atom. The SMILES string of the molecule is CS(=O)(=O)N1CCC(CN[C@@H]2[C@H]3CCO[C@@H]3C23CCCC3)CC1. The first-order valence-electron chi connectivity index (χ1n) is 9.31. The molecular formula is C17H30N2O3S. The van der Waals surface area contributed by atoms with E-state index in [-0.39, 0.29) is 0 Å². The van der Waals surface area contributed by atoms with E-state index in [0.29, 0.717) is 36.6 Å². The minimum Gasteiger partial charge on any atom is -0.377 e. The van der Waals surface area contributed by atoms with Crippen LogP contribution in [0.3, 0.4) is 0 Å². The van der Waals surface area contributed by atoms with E-state index in [2.05, 4.69) is 5.32 Å². The molecule has 1 spiro atoms. The summed E-state index contributed by atoms with van der Waals surface area (Å²) in [4.78, 5) is 0. The molecule has 1 N–H and O–H groups in total. The van der Waals surface area contributed by atoms with Gasteiger partial charge in [0.15, 0.2) is 0 Å². The molecule has 23 heavy (non-hydrogen) atoms. The molecule has 5 nitrogen and oxygen atoms in total. The topological polar surface area (TPSA) is 58.6 Å². The predicted octanol–water partition coefficient (Wildman–Crippen LogP) is 1.60. The highest BCUT2D eigenvalue weighted by Crippen LogP contribution is 2.60. The van der Waals surface area contributed by atoms with Crippen LogP contribution in [0.25, 0.3) is 0 Å². The third-order valence-corrected chi connectivity index (χ3v) is 8.26. The van der Waals surface area contributed by atoms with Crippen molar-refractivity contribution in [1.29, 1.82) is 0 Å². The summed E-state index contributed by atoms with van der Waals surface area (Å²) in [5.41, 5.74) is 0.425. The molecule has 6 heteroatoms. The van der Waals surface area contributed by atoms with Crippen molar-refractivity contribution in [3.8, 4) is 0 Å². The number of sulfonamides is 1. The smallest absolute Gasteiger partial charge is 0.211 e. The van der Waals surface area contributed by atoms with Crippen molar-refractivity contribution in [3.05, 3.63) is 0 Å². The molecule has 0 aromatic rings. The standard InChI is InChI=1S/C17H30N2O3S/c1-23(20,21)19-9-4-13(5-10-19)12-18-15-14-6-11-22-16(14)17(15)7-2-3-8-17/h13-16,18H,2-12H2,1H3/t14-,15-,16+/m1/s1. The zero-order chi connectivity index (χ0) is 16.1. The molecule has 132 valence electrons. The van der Waals surface area contributed by atoms with Crippen LogP contribution in [-0.2, 0) is 14.8 Å². The minimum absolute atomic E-state index is 0.425. The summed E-state index contributed by atoms with van der Waals surface area (Å²) in [6, 6.07) is 0.644. The molecule has 4 rings (SSSR count). The number of hydrogen-bond donors (Lipinski definition) is 1. The summed E-state index contributed by atoms with van der Waals surface area (Å²) >= 11 is 0. The van der Waals surface area contributed by atoms with Crippen LogP contribution in [0.15, 0.2) is 0 Å². The van der Waals surface area contributed by atoms with Crippen LogP contribution in [0.4, 0.5) is 0 Å². The highest BCUT2D eigenvalue weighted by atomic mass is 32.2. The van der Waals surface area contributed by atoms with Gasteiger partial charge in [0.2, 0.25) is 10.0 Å². The molecule has 0 bridgehead atoms. The van der Waals surface area contributed by atoms with E-state index in [1.54, 1.807) is 4.31 Å². The maximum atomic E-state index is 11.6. The summed E-state index contributed by atoms with van der Waals surface area (Å²) < 4.78 is 30.9. The molecule has 0 unspecified atom stereocenters. The van der Waals surface area contributed by atoms with E-state index < -0.39 is 10.0 Å².